The van der Waals surface area contributed by atoms with E-state index in [1.165, 1.54) is 5.56 Å². The van der Waals surface area contributed by atoms with Crippen molar-refractivity contribution in [3.05, 3.63) is 65.2 Å². The minimum absolute atomic E-state index is 0.0688. The Hall–Kier alpha value is -2.29. The highest BCUT2D eigenvalue weighted by atomic mass is 16.1. The molecule has 98 valence electrons. The summed E-state index contributed by atoms with van der Waals surface area (Å²) in [6, 6.07) is 15.5. The number of hydrogen-bond donors (Lipinski definition) is 2. The number of anilines is 1. The maximum absolute atomic E-state index is 12.0. The first-order valence-corrected chi connectivity index (χ1v) is 6.35. The Morgan fingerprint density at radius 3 is 2.58 bits per heavy atom. The third-order valence-electron chi connectivity index (χ3n) is 3.16. The summed E-state index contributed by atoms with van der Waals surface area (Å²) < 4.78 is 0. The monoisotopic (exact) mass is 254 g/mol. The van der Waals surface area contributed by atoms with Crippen LogP contribution in [0.4, 0.5) is 5.69 Å². The quantitative estimate of drug-likeness (QED) is 0.824. The van der Waals surface area contributed by atoms with Crippen LogP contribution in [0.2, 0.25) is 0 Å². The molecule has 3 N–H and O–H groups in total. The van der Waals surface area contributed by atoms with Gasteiger partial charge in [0.1, 0.15) is 0 Å². The highest BCUT2D eigenvalue weighted by Crippen LogP contribution is 2.15. The van der Waals surface area contributed by atoms with Gasteiger partial charge in [-0.1, -0.05) is 36.4 Å². The third kappa shape index (κ3) is 3.35. The van der Waals surface area contributed by atoms with E-state index in [9.17, 15) is 4.79 Å². The molecule has 0 aliphatic carbocycles. The van der Waals surface area contributed by atoms with Crippen LogP contribution in [-0.4, -0.2) is 12.5 Å². The number of nitrogens with two attached hydrogens (primary N) is 1. The molecule has 2 rings (SSSR count). The van der Waals surface area contributed by atoms with Crippen molar-refractivity contribution in [2.24, 2.45) is 0 Å². The molecule has 0 spiro atoms. The van der Waals surface area contributed by atoms with E-state index in [0.29, 0.717) is 17.8 Å². The Balaban J connectivity index is 1.93. The second kappa shape index (κ2) is 6.05. The lowest BCUT2D eigenvalue weighted by Crippen LogP contribution is -2.26. The van der Waals surface area contributed by atoms with Crippen molar-refractivity contribution in [3.8, 4) is 0 Å². The molecule has 2 aromatic carbocycles. The molecule has 2 aromatic rings. The van der Waals surface area contributed by atoms with Gasteiger partial charge >= 0.3 is 0 Å². The number of benzene rings is 2. The van der Waals surface area contributed by atoms with Gasteiger partial charge in [0.2, 0.25) is 0 Å². The molecule has 0 saturated carbocycles. The molecule has 0 bridgehead atoms. The van der Waals surface area contributed by atoms with Gasteiger partial charge in [0, 0.05) is 17.8 Å². The molecule has 0 atom stereocenters. The van der Waals surface area contributed by atoms with Crippen molar-refractivity contribution in [2.45, 2.75) is 13.3 Å². The van der Waals surface area contributed by atoms with Gasteiger partial charge in [-0.25, -0.2) is 0 Å². The number of hydrogen-bond acceptors (Lipinski definition) is 2. The fourth-order valence-electron chi connectivity index (χ4n) is 1.96. The zero-order chi connectivity index (χ0) is 13.7. The average Bonchev–Trinajstić information content (AvgIpc) is 2.43. The van der Waals surface area contributed by atoms with E-state index >= 15 is 0 Å². The van der Waals surface area contributed by atoms with Crippen molar-refractivity contribution in [2.75, 3.05) is 12.3 Å². The number of carbonyl (C=O) groups excluding carboxylic acids is 1. The van der Waals surface area contributed by atoms with Crippen LogP contribution in [0, 0.1) is 6.92 Å². The van der Waals surface area contributed by atoms with E-state index < -0.39 is 0 Å². The first-order valence-electron chi connectivity index (χ1n) is 6.35. The van der Waals surface area contributed by atoms with Gasteiger partial charge in [0.15, 0.2) is 0 Å². The summed E-state index contributed by atoms with van der Waals surface area (Å²) in [5, 5.41) is 2.92. The Morgan fingerprint density at radius 1 is 1.11 bits per heavy atom. The fourth-order valence-corrected chi connectivity index (χ4v) is 1.96. The zero-order valence-electron chi connectivity index (χ0n) is 11.0. The van der Waals surface area contributed by atoms with E-state index in [1.54, 1.807) is 18.2 Å². The predicted octanol–water partition coefficient (Wildman–Crippen LogP) is 2.55. The number of rotatable bonds is 4. The first-order chi connectivity index (χ1) is 9.18. The molecule has 0 saturated heterocycles. The van der Waals surface area contributed by atoms with Crippen LogP contribution >= 0.6 is 0 Å². The third-order valence-corrected chi connectivity index (χ3v) is 3.16. The smallest absolute Gasteiger partial charge is 0.251 e. The van der Waals surface area contributed by atoms with Crippen LogP contribution in [0.15, 0.2) is 48.5 Å². The molecule has 0 unspecified atom stereocenters. The first kappa shape index (κ1) is 13.1. The molecule has 0 heterocycles. The molecule has 0 radical (unpaired) electrons. The molecule has 0 fully saturated rings. The Kier molecular flexibility index (Phi) is 4.18. The SMILES string of the molecule is Cc1c(N)cccc1C(=O)NCCc1ccccc1. The van der Waals surface area contributed by atoms with Gasteiger partial charge in [0.05, 0.1) is 0 Å². The Bertz CT molecular complexity index is 564. The summed E-state index contributed by atoms with van der Waals surface area (Å²) in [6.07, 6.45) is 0.827. The van der Waals surface area contributed by atoms with Crippen molar-refractivity contribution >= 4 is 11.6 Å². The van der Waals surface area contributed by atoms with Crippen LogP contribution in [0.3, 0.4) is 0 Å². The molecule has 0 aromatic heterocycles. The van der Waals surface area contributed by atoms with Crippen molar-refractivity contribution in [3.63, 3.8) is 0 Å². The molecule has 0 aliphatic heterocycles. The highest BCUT2D eigenvalue weighted by Gasteiger charge is 2.09. The van der Waals surface area contributed by atoms with Crippen molar-refractivity contribution in [1.82, 2.24) is 5.32 Å². The van der Waals surface area contributed by atoms with Crippen LogP contribution in [0.5, 0.6) is 0 Å². The molecule has 3 nitrogen and oxygen atoms in total. The second-order valence-electron chi connectivity index (χ2n) is 4.51. The Morgan fingerprint density at radius 2 is 1.84 bits per heavy atom. The molecular formula is C16H18N2O. The van der Waals surface area contributed by atoms with E-state index in [-0.39, 0.29) is 5.91 Å². The topological polar surface area (TPSA) is 55.1 Å². The predicted molar refractivity (Wildman–Crippen MR) is 78.1 cm³/mol. The van der Waals surface area contributed by atoms with Crippen molar-refractivity contribution < 1.29 is 4.79 Å². The van der Waals surface area contributed by atoms with Gasteiger partial charge < -0.3 is 11.1 Å². The Labute approximate surface area is 113 Å². The van der Waals surface area contributed by atoms with Crippen molar-refractivity contribution in [1.29, 1.82) is 0 Å². The molecule has 0 aliphatic rings. The molecule has 1 amide bonds. The minimum Gasteiger partial charge on any atom is -0.398 e. The zero-order valence-corrected chi connectivity index (χ0v) is 11.0. The fraction of sp³-hybridized carbons (Fsp3) is 0.188. The number of nitrogen functional groups attached to an aromatic ring is 1. The normalized spacial score (nSPS) is 10.2. The maximum atomic E-state index is 12.0. The van der Waals surface area contributed by atoms with E-state index in [4.69, 9.17) is 5.73 Å². The summed E-state index contributed by atoms with van der Waals surface area (Å²) in [6.45, 7) is 2.48. The lowest BCUT2D eigenvalue weighted by atomic mass is 10.1. The summed E-state index contributed by atoms with van der Waals surface area (Å²) in [4.78, 5) is 12.0. The summed E-state index contributed by atoms with van der Waals surface area (Å²) in [7, 11) is 0. The van der Waals surface area contributed by atoms with Gasteiger partial charge in [0.25, 0.3) is 5.91 Å². The number of amides is 1. The maximum Gasteiger partial charge on any atom is 0.251 e. The van der Waals surface area contributed by atoms with E-state index in [1.807, 2.05) is 25.1 Å². The summed E-state index contributed by atoms with van der Waals surface area (Å²) in [5.74, 6) is -0.0688. The van der Waals surface area contributed by atoms with Crippen LogP contribution < -0.4 is 11.1 Å². The van der Waals surface area contributed by atoms with E-state index in [2.05, 4.69) is 17.4 Å². The second-order valence-corrected chi connectivity index (χ2v) is 4.51. The van der Waals surface area contributed by atoms with Crippen LogP contribution in [0.25, 0.3) is 0 Å². The lowest BCUT2D eigenvalue weighted by molar-refractivity contribution is 0.0953. The molecule has 3 heteroatoms. The summed E-state index contributed by atoms with van der Waals surface area (Å²) >= 11 is 0. The average molecular weight is 254 g/mol. The standard InChI is InChI=1S/C16H18N2O/c1-12-14(8-5-9-15(12)17)16(19)18-11-10-13-6-3-2-4-7-13/h2-9H,10-11,17H2,1H3,(H,18,19). The van der Waals surface area contributed by atoms with Gasteiger partial charge in [-0.05, 0) is 36.6 Å². The summed E-state index contributed by atoms with van der Waals surface area (Å²) in [5.41, 5.74) is 9.14. The van der Waals surface area contributed by atoms with E-state index in [0.717, 1.165) is 12.0 Å². The number of nitrogens with one attached hydrogen (secondary N) is 1. The molecule has 19 heavy (non-hydrogen) atoms. The molecular weight excluding hydrogens is 236 g/mol. The highest BCUT2D eigenvalue weighted by molar-refractivity contribution is 5.96. The largest absolute Gasteiger partial charge is 0.398 e. The minimum atomic E-state index is -0.0688. The lowest BCUT2D eigenvalue weighted by Gasteiger charge is -2.09. The van der Waals surface area contributed by atoms with Gasteiger partial charge in [-0.2, -0.15) is 0 Å². The van der Waals surface area contributed by atoms with Crippen LogP contribution in [-0.2, 0) is 6.42 Å². The number of carbonyl (C=O) groups is 1. The van der Waals surface area contributed by atoms with Gasteiger partial charge in [-0.15, -0.1) is 0 Å². The van der Waals surface area contributed by atoms with Crippen LogP contribution in [0.1, 0.15) is 21.5 Å². The van der Waals surface area contributed by atoms with Gasteiger partial charge in [-0.3, -0.25) is 4.79 Å².